The standard InChI is InChI=1S/C15H19F2NO2/c1-10(2)15-12(16)7-11(8-13(15)17)9-14(19)18-3-5-20-6-4-18/h7-8,10H,3-6,9H2,1-2H3. The third-order valence-corrected chi connectivity index (χ3v) is 3.44. The van der Waals surface area contributed by atoms with E-state index in [1.165, 1.54) is 12.1 Å². The molecule has 1 heterocycles. The van der Waals surface area contributed by atoms with Gasteiger partial charge in [0.2, 0.25) is 5.91 Å². The van der Waals surface area contributed by atoms with E-state index in [0.717, 1.165) is 0 Å². The topological polar surface area (TPSA) is 29.5 Å². The molecule has 1 saturated heterocycles. The number of ether oxygens (including phenoxy) is 1. The van der Waals surface area contributed by atoms with E-state index in [1.807, 2.05) is 0 Å². The smallest absolute Gasteiger partial charge is 0.227 e. The highest BCUT2D eigenvalue weighted by Crippen LogP contribution is 2.23. The second-order valence-electron chi connectivity index (χ2n) is 5.30. The van der Waals surface area contributed by atoms with E-state index in [0.29, 0.717) is 31.9 Å². The molecule has 0 aromatic heterocycles. The second kappa shape index (κ2) is 6.31. The number of hydrogen-bond acceptors (Lipinski definition) is 2. The van der Waals surface area contributed by atoms with Crippen molar-refractivity contribution in [1.82, 2.24) is 4.90 Å². The van der Waals surface area contributed by atoms with E-state index < -0.39 is 11.6 Å². The van der Waals surface area contributed by atoms with Crippen molar-refractivity contribution < 1.29 is 18.3 Å². The van der Waals surface area contributed by atoms with Gasteiger partial charge in [-0.05, 0) is 23.6 Å². The van der Waals surface area contributed by atoms with Crippen molar-refractivity contribution in [2.45, 2.75) is 26.2 Å². The van der Waals surface area contributed by atoms with E-state index in [4.69, 9.17) is 4.74 Å². The summed E-state index contributed by atoms with van der Waals surface area (Å²) in [6.07, 6.45) is 0.0201. The van der Waals surface area contributed by atoms with Crippen molar-refractivity contribution in [1.29, 1.82) is 0 Å². The molecule has 0 saturated carbocycles. The van der Waals surface area contributed by atoms with Gasteiger partial charge in [0, 0.05) is 18.7 Å². The van der Waals surface area contributed by atoms with Crippen LogP contribution in [0.5, 0.6) is 0 Å². The average molecular weight is 283 g/mol. The third-order valence-electron chi connectivity index (χ3n) is 3.44. The number of benzene rings is 1. The highest BCUT2D eigenvalue weighted by atomic mass is 19.1. The molecule has 1 aliphatic rings. The molecule has 0 radical (unpaired) electrons. The predicted octanol–water partition coefficient (Wildman–Crippen LogP) is 2.49. The zero-order chi connectivity index (χ0) is 14.7. The van der Waals surface area contributed by atoms with Crippen LogP contribution < -0.4 is 0 Å². The highest BCUT2D eigenvalue weighted by Gasteiger charge is 2.19. The lowest BCUT2D eigenvalue weighted by Gasteiger charge is -2.27. The van der Waals surface area contributed by atoms with E-state index in [2.05, 4.69) is 0 Å². The Hall–Kier alpha value is -1.49. The maximum absolute atomic E-state index is 13.9. The second-order valence-corrected chi connectivity index (χ2v) is 5.30. The highest BCUT2D eigenvalue weighted by molar-refractivity contribution is 5.78. The molecule has 20 heavy (non-hydrogen) atoms. The van der Waals surface area contributed by atoms with Gasteiger partial charge in [0.15, 0.2) is 0 Å². The molecule has 5 heteroatoms. The van der Waals surface area contributed by atoms with Gasteiger partial charge in [0.25, 0.3) is 0 Å². The number of rotatable bonds is 3. The van der Waals surface area contributed by atoms with E-state index in [-0.39, 0.29) is 23.8 Å². The largest absolute Gasteiger partial charge is 0.378 e. The fourth-order valence-electron chi connectivity index (χ4n) is 2.39. The summed E-state index contributed by atoms with van der Waals surface area (Å²) in [5.41, 5.74) is 0.452. The van der Waals surface area contributed by atoms with Crippen molar-refractivity contribution in [2.75, 3.05) is 26.3 Å². The number of carbonyl (C=O) groups is 1. The summed E-state index contributed by atoms with van der Waals surface area (Å²) in [4.78, 5) is 13.7. The van der Waals surface area contributed by atoms with Gasteiger partial charge in [-0.25, -0.2) is 8.78 Å². The Balaban J connectivity index is 2.11. The molecule has 0 unspecified atom stereocenters. The molecule has 110 valence electrons. The minimum absolute atomic E-state index is 0.0201. The van der Waals surface area contributed by atoms with Crippen LogP contribution in [0.25, 0.3) is 0 Å². The number of halogens is 2. The first kappa shape index (κ1) is 14.9. The Morgan fingerprint density at radius 1 is 1.25 bits per heavy atom. The van der Waals surface area contributed by atoms with Crippen molar-refractivity contribution in [3.05, 3.63) is 34.9 Å². The maximum atomic E-state index is 13.9. The molecule has 1 amide bonds. The lowest BCUT2D eigenvalue weighted by Crippen LogP contribution is -2.41. The van der Waals surface area contributed by atoms with Gasteiger partial charge in [0.1, 0.15) is 11.6 Å². The molecule has 1 aliphatic heterocycles. The molecular weight excluding hydrogens is 264 g/mol. The van der Waals surface area contributed by atoms with Gasteiger partial charge in [-0.15, -0.1) is 0 Å². The molecule has 3 nitrogen and oxygen atoms in total. The van der Waals surface area contributed by atoms with Crippen LogP contribution in [0.15, 0.2) is 12.1 Å². The van der Waals surface area contributed by atoms with Gasteiger partial charge in [-0.3, -0.25) is 4.79 Å². The minimum Gasteiger partial charge on any atom is -0.378 e. The minimum atomic E-state index is -0.579. The van der Waals surface area contributed by atoms with Crippen LogP contribution in [0, 0.1) is 11.6 Å². The Morgan fingerprint density at radius 3 is 2.30 bits per heavy atom. The average Bonchev–Trinajstić information content (AvgIpc) is 2.38. The summed E-state index contributed by atoms with van der Waals surface area (Å²) in [7, 11) is 0. The fourth-order valence-corrected chi connectivity index (χ4v) is 2.39. The Labute approximate surface area is 117 Å². The molecule has 1 aromatic carbocycles. The van der Waals surface area contributed by atoms with Gasteiger partial charge in [-0.2, -0.15) is 0 Å². The number of morpholine rings is 1. The van der Waals surface area contributed by atoms with Crippen LogP contribution in [0.2, 0.25) is 0 Å². The monoisotopic (exact) mass is 283 g/mol. The molecule has 1 aromatic rings. The molecule has 2 rings (SSSR count). The van der Waals surface area contributed by atoms with Crippen LogP contribution in [0.3, 0.4) is 0 Å². The molecule has 0 atom stereocenters. The van der Waals surface area contributed by atoms with Crippen molar-refractivity contribution in [2.24, 2.45) is 0 Å². The zero-order valence-electron chi connectivity index (χ0n) is 11.8. The van der Waals surface area contributed by atoms with Gasteiger partial charge in [0.05, 0.1) is 19.6 Å². The molecule has 0 N–H and O–H groups in total. The molecule has 0 aliphatic carbocycles. The summed E-state index contributed by atoms with van der Waals surface area (Å²) in [5.74, 6) is -1.50. The zero-order valence-corrected chi connectivity index (χ0v) is 11.8. The van der Waals surface area contributed by atoms with Crippen LogP contribution in [0.4, 0.5) is 8.78 Å². The first-order valence-corrected chi connectivity index (χ1v) is 6.82. The van der Waals surface area contributed by atoms with E-state index in [1.54, 1.807) is 18.7 Å². The number of amides is 1. The normalized spacial score (nSPS) is 15.8. The Morgan fingerprint density at radius 2 is 1.80 bits per heavy atom. The SMILES string of the molecule is CC(C)c1c(F)cc(CC(=O)N2CCOCC2)cc1F. The molecular formula is C15H19F2NO2. The van der Waals surface area contributed by atoms with Gasteiger partial charge < -0.3 is 9.64 Å². The Kier molecular flexibility index (Phi) is 4.70. The molecule has 0 spiro atoms. The van der Waals surface area contributed by atoms with Crippen molar-refractivity contribution in [3.63, 3.8) is 0 Å². The lowest BCUT2D eigenvalue weighted by atomic mass is 9.99. The summed E-state index contributed by atoms with van der Waals surface area (Å²) in [6.45, 7) is 5.57. The summed E-state index contributed by atoms with van der Waals surface area (Å²) >= 11 is 0. The van der Waals surface area contributed by atoms with E-state index >= 15 is 0 Å². The quantitative estimate of drug-likeness (QED) is 0.853. The third kappa shape index (κ3) is 3.33. The Bertz CT molecular complexity index is 474. The van der Waals surface area contributed by atoms with Gasteiger partial charge in [-0.1, -0.05) is 13.8 Å². The van der Waals surface area contributed by atoms with Crippen LogP contribution in [0.1, 0.15) is 30.9 Å². The van der Waals surface area contributed by atoms with Gasteiger partial charge >= 0.3 is 0 Å². The fraction of sp³-hybridized carbons (Fsp3) is 0.533. The number of nitrogens with zero attached hydrogens (tertiary/aromatic N) is 1. The van der Waals surface area contributed by atoms with Crippen LogP contribution in [-0.2, 0) is 16.0 Å². The molecule has 0 bridgehead atoms. The molecule has 1 fully saturated rings. The summed E-state index contributed by atoms with van der Waals surface area (Å²) < 4.78 is 32.9. The first-order chi connectivity index (χ1) is 9.49. The van der Waals surface area contributed by atoms with Crippen molar-refractivity contribution >= 4 is 5.91 Å². The summed E-state index contributed by atoms with van der Waals surface area (Å²) in [6, 6.07) is 2.52. The summed E-state index contributed by atoms with van der Waals surface area (Å²) in [5, 5.41) is 0. The lowest BCUT2D eigenvalue weighted by molar-refractivity contribution is -0.134. The predicted molar refractivity (Wildman–Crippen MR) is 71.6 cm³/mol. The maximum Gasteiger partial charge on any atom is 0.227 e. The van der Waals surface area contributed by atoms with Crippen molar-refractivity contribution in [3.8, 4) is 0 Å². The van der Waals surface area contributed by atoms with E-state index in [9.17, 15) is 13.6 Å². The van der Waals surface area contributed by atoms with Crippen LogP contribution >= 0.6 is 0 Å². The first-order valence-electron chi connectivity index (χ1n) is 6.82. The number of carbonyl (C=O) groups excluding carboxylic acids is 1. The number of hydrogen-bond donors (Lipinski definition) is 0. The van der Waals surface area contributed by atoms with Crippen LogP contribution in [-0.4, -0.2) is 37.1 Å².